The van der Waals surface area contributed by atoms with Gasteiger partial charge in [-0.05, 0) is 18.6 Å². The number of aromatic hydroxyl groups is 1. The third kappa shape index (κ3) is 2.35. The summed E-state index contributed by atoms with van der Waals surface area (Å²) in [6.45, 7) is 1.57. The fourth-order valence-corrected chi connectivity index (χ4v) is 1.22. The first-order chi connectivity index (χ1) is 6.54. The molecule has 1 aromatic carbocycles. The first-order valence-electron chi connectivity index (χ1n) is 4.28. The normalized spacial score (nSPS) is 12.6. The van der Waals surface area contributed by atoms with Crippen LogP contribution in [0.15, 0.2) is 12.1 Å². The molecule has 1 atom stereocenters. The van der Waals surface area contributed by atoms with E-state index in [-0.39, 0.29) is 17.9 Å². The number of hydrogen-bond acceptors (Lipinski definition) is 3. The van der Waals surface area contributed by atoms with E-state index in [1.54, 1.807) is 6.92 Å². The van der Waals surface area contributed by atoms with Gasteiger partial charge in [0.25, 0.3) is 0 Å². The van der Waals surface area contributed by atoms with Gasteiger partial charge in [-0.3, -0.25) is 0 Å². The molecule has 14 heavy (non-hydrogen) atoms. The maximum atomic E-state index is 13.2. The second-order valence-electron chi connectivity index (χ2n) is 3.17. The van der Waals surface area contributed by atoms with E-state index in [1.807, 2.05) is 0 Å². The van der Waals surface area contributed by atoms with Gasteiger partial charge < -0.3 is 14.9 Å². The van der Waals surface area contributed by atoms with Gasteiger partial charge >= 0.3 is 0 Å². The highest BCUT2D eigenvalue weighted by molar-refractivity contribution is 5.41. The van der Waals surface area contributed by atoms with E-state index in [9.17, 15) is 9.50 Å². The second kappa shape index (κ2) is 4.28. The summed E-state index contributed by atoms with van der Waals surface area (Å²) in [6, 6.07) is 2.37. The molecule has 0 aliphatic rings. The first-order valence-corrected chi connectivity index (χ1v) is 4.28. The summed E-state index contributed by atoms with van der Waals surface area (Å²) in [4.78, 5) is 0. The highest BCUT2D eigenvalue weighted by Gasteiger charge is 2.11. The average molecular weight is 200 g/mol. The number of aliphatic hydroxyl groups excluding tert-OH is 1. The smallest absolute Gasteiger partial charge is 0.165 e. The maximum absolute atomic E-state index is 13.2. The lowest BCUT2D eigenvalue weighted by molar-refractivity contribution is 0.194. The number of methoxy groups -OCH3 is 1. The predicted molar refractivity (Wildman–Crippen MR) is 50.0 cm³/mol. The van der Waals surface area contributed by atoms with E-state index >= 15 is 0 Å². The van der Waals surface area contributed by atoms with Crippen LogP contribution in [0.2, 0.25) is 0 Å². The molecule has 78 valence electrons. The van der Waals surface area contributed by atoms with Crippen LogP contribution in [0.1, 0.15) is 12.5 Å². The van der Waals surface area contributed by atoms with Gasteiger partial charge in [0, 0.05) is 12.5 Å². The fraction of sp³-hybridized carbons (Fsp3) is 0.400. The zero-order valence-electron chi connectivity index (χ0n) is 8.12. The molecule has 3 nitrogen and oxygen atoms in total. The van der Waals surface area contributed by atoms with Crippen LogP contribution in [-0.4, -0.2) is 23.4 Å². The van der Waals surface area contributed by atoms with Crippen molar-refractivity contribution in [3.8, 4) is 11.5 Å². The van der Waals surface area contributed by atoms with Crippen LogP contribution in [0.5, 0.6) is 11.5 Å². The van der Waals surface area contributed by atoms with Crippen molar-refractivity contribution in [3.05, 3.63) is 23.5 Å². The summed E-state index contributed by atoms with van der Waals surface area (Å²) < 4.78 is 17.9. The first kappa shape index (κ1) is 10.8. The molecular weight excluding hydrogens is 187 g/mol. The zero-order chi connectivity index (χ0) is 10.7. The van der Waals surface area contributed by atoms with E-state index in [2.05, 4.69) is 4.74 Å². The van der Waals surface area contributed by atoms with Crippen LogP contribution >= 0.6 is 0 Å². The Morgan fingerprint density at radius 2 is 2.14 bits per heavy atom. The van der Waals surface area contributed by atoms with Crippen LogP contribution in [0, 0.1) is 5.82 Å². The van der Waals surface area contributed by atoms with E-state index in [0.717, 1.165) is 0 Å². The molecule has 1 rings (SSSR count). The zero-order valence-corrected chi connectivity index (χ0v) is 8.12. The number of ether oxygens (including phenoxy) is 1. The summed E-state index contributed by atoms with van der Waals surface area (Å²) in [5.74, 6) is -0.609. The molecule has 0 saturated heterocycles. The number of benzene rings is 1. The van der Waals surface area contributed by atoms with Gasteiger partial charge in [-0.1, -0.05) is 0 Å². The number of rotatable bonds is 3. The molecule has 1 unspecified atom stereocenters. The summed E-state index contributed by atoms with van der Waals surface area (Å²) >= 11 is 0. The van der Waals surface area contributed by atoms with E-state index in [1.165, 1.54) is 19.2 Å². The van der Waals surface area contributed by atoms with Gasteiger partial charge in [-0.25, -0.2) is 4.39 Å². The van der Waals surface area contributed by atoms with Gasteiger partial charge in [0.05, 0.1) is 13.2 Å². The lowest BCUT2D eigenvalue weighted by atomic mass is 10.1. The average Bonchev–Trinajstić information content (AvgIpc) is 2.10. The van der Waals surface area contributed by atoms with Gasteiger partial charge in [-0.2, -0.15) is 0 Å². The van der Waals surface area contributed by atoms with Crippen molar-refractivity contribution in [2.75, 3.05) is 7.11 Å². The molecule has 0 fully saturated rings. The third-order valence-electron chi connectivity index (χ3n) is 1.87. The minimum atomic E-state index is -0.617. The van der Waals surface area contributed by atoms with Gasteiger partial charge in [0.15, 0.2) is 11.6 Å². The molecule has 1 aromatic rings. The lowest BCUT2D eigenvalue weighted by Gasteiger charge is -2.09. The largest absolute Gasteiger partial charge is 0.508 e. The Labute approximate surface area is 81.8 Å². The molecule has 0 aromatic heterocycles. The summed E-state index contributed by atoms with van der Waals surface area (Å²) in [7, 11) is 1.33. The van der Waals surface area contributed by atoms with Gasteiger partial charge in [-0.15, -0.1) is 0 Å². The van der Waals surface area contributed by atoms with Crippen LogP contribution < -0.4 is 4.74 Å². The van der Waals surface area contributed by atoms with Crippen LogP contribution in [0.4, 0.5) is 4.39 Å². The Kier molecular flexibility index (Phi) is 3.30. The molecule has 2 N–H and O–H groups in total. The molecule has 0 bridgehead atoms. The number of aliphatic hydroxyl groups is 1. The highest BCUT2D eigenvalue weighted by Crippen LogP contribution is 2.27. The number of phenols is 1. The second-order valence-corrected chi connectivity index (χ2v) is 3.17. The standard InChI is InChI=1S/C10H13FO3/c1-6(12)3-7-4-8(11)10(14-2)5-9(7)13/h4-6,12-13H,3H2,1-2H3. The Balaban J connectivity index is 3.02. The van der Waals surface area contributed by atoms with Gasteiger partial charge in [0.1, 0.15) is 5.75 Å². The Morgan fingerprint density at radius 1 is 1.50 bits per heavy atom. The molecule has 4 heteroatoms. The summed E-state index contributed by atoms with van der Waals surface area (Å²) in [6.07, 6.45) is -0.402. The van der Waals surface area contributed by atoms with E-state index in [0.29, 0.717) is 5.56 Å². The number of phenolic OH excluding ortho intramolecular Hbond substituents is 1. The van der Waals surface area contributed by atoms with Gasteiger partial charge in [0.2, 0.25) is 0 Å². The molecule has 0 heterocycles. The number of halogens is 1. The topological polar surface area (TPSA) is 49.7 Å². The highest BCUT2D eigenvalue weighted by atomic mass is 19.1. The number of hydrogen-bond donors (Lipinski definition) is 2. The quantitative estimate of drug-likeness (QED) is 0.776. The fourth-order valence-electron chi connectivity index (χ4n) is 1.22. The summed E-state index contributed by atoms with van der Waals surface area (Å²) in [5.41, 5.74) is 0.373. The van der Waals surface area contributed by atoms with Crippen molar-refractivity contribution in [3.63, 3.8) is 0 Å². The van der Waals surface area contributed by atoms with Crippen molar-refractivity contribution >= 4 is 0 Å². The maximum Gasteiger partial charge on any atom is 0.165 e. The predicted octanol–water partition coefficient (Wildman–Crippen LogP) is 1.46. The van der Waals surface area contributed by atoms with E-state index < -0.39 is 11.9 Å². The van der Waals surface area contributed by atoms with Crippen molar-refractivity contribution < 1.29 is 19.3 Å². The van der Waals surface area contributed by atoms with Crippen LogP contribution in [0.25, 0.3) is 0 Å². The van der Waals surface area contributed by atoms with Crippen molar-refractivity contribution in [2.24, 2.45) is 0 Å². The van der Waals surface area contributed by atoms with E-state index in [4.69, 9.17) is 5.11 Å². The van der Waals surface area contributed by atoms with Crippen molar-refractivity contribution in [1.29, 1.82) is 0 Å². The molecule has 0 spiro atoms. The van der Waals surface area contributed by atoms with Crippen LogP contribution in [0.3, 0.4) is 0 Å². The molecule has 0 aliphatic carbocycles. The molecule has 0 saturated carbocycles. The minimum absolute atomic E-state index is 0.00292. The Bertz CT molecular complexity index is 323. The molecule has 0 amide bonds. The third-order valence-corrected chi connectivity index (χ3v) is 1.87. The summed E-state index contributed by atoms with van der Waals surface area (Å²) in [5, 5.41) is 18.5. The minimum Gasteiger partial charge on any atom is -0.508 e. The lowest BCUT2D eigenvalue weighted by Crippen LogP contribution is -2.05. The van der Waals surface area contributed by atoms with Crippen LogP contribution in [-0.2, 0) is 6.42 Å². The monoisotopic (exact) mass is 200 g/mol. The Morgan fingerprint density at radius 3 is 2.64 bits per heavy atom. The molecule has 0 radical (unpaired) electrons. The van der Waals surface area contributed by atoms with Crippen molar-refractivity contribution in [1.82, 2.24) is 0 Å². The SMILES string of the molecule is COc1cc(O)c(CC(C)O)cc1F. The molecule has 0 aliphatic heterocycles. The van der Waals surface area contributed by atoms with Crippen molar-refractivity contribution in [2.45, 2.75) is 19.4 Å². The Hall–Kier alpha value is -1.29. The molecular formula is C10H13FO3.